The van der Waals surface area contributed by atoms with E-state index in [0.717, 1.165) is 24.4 Å². The van der Waals surface area contributed by atoms with Crippen LogP contribution >= 0.6 is 15.9 Å². The lowest BCUT2D eigenvalue weighted by Crippen LogP contribution is -2.01. The summed E-state index contributed by atoms with van der Waals surface area (Å²) in [6.45, 7) is 2.09. The van der Waals surface area contributed by atoms with Gasteiger partial charge in [-0.05, 0) is 28.4 Å². The maximum Gasteiger partial charge on any atom is 0.270 e. The molecule has 6 heteroatoms. The first kappa shape index (κ1) is 12.8. The van der Waals surface area contributed by atoms with Crippen molar-refractivity contribution in [3.8, 4) is 5.69 Å². The van der Waals surface area contributed by atoms with Crippen LogP contribution in [0.1, 0.15) is 19.2 Å². The van der Waals surface area contributed by atoms with Crippen molar-refractivity contribution in [1.82, 2.24) is 9.55 Å². The minimum Gasteiger partial charge on any atom is -0.303 e. The highest BCUT2D eigenvalue weighted by atomic mass is 79.9. The summed E-state index contributed by atoms with van der Waals surface area (Å²) in [4.78, 5) is 14.6. The Morgan fingerprint density at radius 2 is 2.28 bits per heavy atom. The van der Waals surface area contributed by atoms with Crippen molar-refractivity contribution in [3.63, 3.8) is 0 Å². The zero-order chi connectivity index (χ0) is 13.1. The smallest absolute Gasteiger partial charge is 0.270 e. The quantitative estimate of drug-likeness (QED) is 0.641. The van der Waals surface area contributed by atoms with Crippen LogP contribution in [0, 0.1) is 10.1 Å². The average molecular weight is 310 g/mol. The molecule has 0 aliphatic carbocycles. The molecule has 0 spiro atoms. The topological polar surface area (TPSA) is 61.0 Å². The first-order chi connectivity index (χ1) is 8.63. The number of imidazole rings is 1. The van der Waals surface area contributed by atoms with Crippen LogP contribution in [0.15, 0.2) is 35.1 Å². The van der Waals surface area contributed by atoms with Gasteiger partial charge in [-0.25, -0.2) is 4.98 Å². The maximum atomic E-state index is 10.7. The van der Waals surface area contributed by atoms with Crippen LogP contribution in [0.4, 0.5) is 5.69 Å². The average Bonchev–Trinajstić information content (AvgIpc) is 2.77. The minimum atomic E-state index is -0.407. The number of nitro groups is 1. The molecule has 2 aromatic rings. The van der Waals surface area contributed by atoms with Gasteiger partial charge in [0.25, 0.3) is 5.69 Å². The lowest BCUT2D eigenvalue weighted by atomic mass is 10.2. The molecule has 0 N–H and O–H groups in total. The van der Waals surface area contributed by atoms with Gasteiger partial charge in [0.1, 0.15) is 5.82 Å². The van der Waals surface area contributed by atoms with Crippen molar-refractivity contribution in [2.45, 2.75) is 19.8 Å². The molecule has 0 radical (unpaired) electrons. The Kier molecular flexibility index (Phi) is 3.76. The summed E-state index contributed by atoms with van der Waals surface area (Å²) in [6, 6.07) is 4.73. The van der Waals surface area contributed by atoms with E-state index in [2.05, 4.69) is 27.8 Å². The fraction of sp³-hybridized carbons (Fsp3) is 0.250. The Bertz CT molecular complexity index is 580. The number of aryl methyl sites for hydroxylation is 1. The van der Waals surface area contributed by atoms with E-state index in [1.165, 1.54) is 12.1 Å². The summed E-state index contributed by atoms with van der Waals surface area (Å²) < 4.78 is 2.63. The molecule has 0 aliphatic rings. The minimum absolute atomic E-state index is 0.0720. The number of benzene rings is 1. The fourth-order valence-corrected chi connectivity index (χ4v) is 2.32. The zero-order valence-corrected chi connectivity index (χ0v) is 11.4. The molecule has 18 heavy (non-hydrogen) atoms. The largest absolute Gasteiger partial charge is 0.303 e. The highest BCUT2D eigenvalue weighted by molar-refractivity contribution is 9.10. The van der Waals surface area contributed by atoms with Gasteiger partial charge in [-0.3, -0.25) is 10.1 Å². The Balaban J connectivity index is 2.44. The van der Waals surface area contributed by atoms with E-state index in [-0.39, 0.29) is 5.69 Å². The number of nitrogens with zero attached hydrogens (tertiary/aromatic N) is 3. The summed E-state index contributed by atoms with van der Waals surface area (Å²) in [5.74, 6) is 0.951. The molecule has 5 nitrogen and oxygen atoms in total. The second kappa shape index (κ2) is 5.30. The predicted octanol–water partition coefficient (Wildman–Crippen LogP) is 3.50. The number of non-ortho nitro benzene ring substituents is 1. The van der Waals surface area contributed by atoms with Crippen molar-refractivity contribution >= 4 is 21.6 Å². The lowest BCUT2D eigenvalue weighted by molar-refractivity contribution is -0.384. The molecule has 1 heterocycles. The Morgan fingerprint density at radius 1 is 1.50 bits per heavy atom. The Hall–Kier alpha value is -1.69. The van der Waals surface area contributed by atoms with Crippen molar-refractivity contribution < 1.29 is 4.92 Å². The highest BCUT2D eigenvalue weighted by Crippen LogP contribution is 2.27. The Labute approximate surface area is 113 Å². The molecule has 0 saturated carbocycles. The van der Waals surface area contributed by atoms with Gasteiger partial charge in [0.2, 0.25) is 0 Å². The van der Waals surface area contributed by atoms with E-state index in [1.54, 1.807) is 12.3 Å². The van der Waals surface area contributed by atoms with Crippen molar-refractivity contribution in [2.24, 2.45) is 0 Å². The second-order valence-electron chi connectivity index (χ2n) is 3.86. The van der Waals surface area contributed by atoms with E-state index < -0.39 is 4.92 Å². The van der Waals surface area contributed by atoms with Gasteiger partial charge in [-0.1, -0.05) is 6.92 Å². The molecule has 1 aromatic heterocycles. The van der Waals surface area contributed by atoms with Gasteiger partial charge in [0.05, 0.1) is 10.6 Å². The van der Waals surface area contributed by atoms with Crippen LogP contribution in [0.3, 0.4) is 0 Å². The van der Waals surface area contributed by atoms with Crippen LogP contribution in [0.5, 0.6) is 0 Å². The number of halogens is 1. The predicted molar refractivity (Wildman–Crippen MR) is 71.9 cm³/mol. The van der Waals surface area contributed by atoms with Gasteiger partial charge in [0, 0.05) is 35.4 Å². The van der Waals surface area contributed by atoms with Crippen LogP contribution in [-0.4, -0.2) is 14.5 Å². The lowest BCUT2D eigenvalue weighted by Gasteiger charge is -2.09. The summed E-state index contributed by atoms with van der Waals surface area (Å²) in [6.07, 6.45) is 5.47. The number of aromatic nitrogens is 2. The third-order valence-electron chi connectivity index (χ3n) is 2.59. The molecule has 1 aromatic carbocycles. The molecule has 94 valence electrons. The van der Waals surface area contributed by atoms with E-state index >= 15 is 0 Å². The standard InChI is InChI=1S/C12H12BrN3O2/c1-2-3-12-14-6-7-15(12)11-5-4-9(16(17)18)8-10(11)13/h4-8H,2-3H2,1H3. The summed E-state index contributed by atoms with van der Waals surface area (Å²) >= 11 is 3.37. The zero-order valence-electron chi connectivity index (χ0n) is 9.84. The SMILES string of the molecule is CCCc1nccn1-c1ccc([N+](=O)[O-])cc1Br. The van der Waals surface area contributed by atoms with Gasteiger partial charge in [-0.15, -0.1) is 0 Å². The maximum absolute atomic E-state index is 10.7. The van der Waals surface area contributed by atoms with Crippen LogP contribution in [0.2, 0.25) is 0 Å². The Morgan fingerprint density at radius 3 is 2.89 bits per heavy atom. The van der Waals surface area contributed by atoms with Crippen LogP contribution in [-0.2, 0) is 6.42 Å². The van der Waals surface area contributed by atoms with E-state index in [0.29, 0.717) is 4.47 Å². The fourth-order valence-electron chi connectivity index (χ4n) is 1.77. The van der Waals surface area contributed by atoms with E-state index in [4.69, 9.17) is 0 Å². The third-order valence-corrected chi connectivity index (χ3v) is 3.23. The van der Waals surface area contributed by atoms with Crippen LogP contribution in [0.25, 0.3) is 5.69 Å². The molecule has 0 atom stereocenters. The highest BCUT2D eigenvalue weighted by Gasteiger charge is 2.12. The van der Waals surface area contributed by atoms with Gasteiger partial charge in [0.15, 0.2) is 0 Å². The molecule has 0 aliphatic heterocycles. The number of hydrogen-bond donors (Lipinski definition) is 0. The summed E-state index contributed by atoms with van der Waals surface area (Å²) in [7, 11) is 0. The van der Waals surface area contributed by atoms with E-state index in [9.17, 15) is 10.1 Å². The molecular formula is C12H12BrN3O2. The van der Waals surface area contributed by atoms with Crippen molar-refractivity contribution in [3.05, 3.63) is 51.0 Å². The monoisotopic (exact) mass is 309 g/mol. The molecular weight excluding hydrogens is 298 g/mol. The number of nitro benzene ring substituents is 1. The third kappa shape index (κ3) is 2.43. The molecule has 0 fully saturated rings. The van der Waals surface area contributed by atoms with E-state index in [1.807, 2.05) is 10.8 Å². The number of hydrogen-bond acceptors (Lipinski definition) is 3. The summed E-state index contributed by atoms with van der Waals surface area (Å²) in [5.41, 5.74) is 0.935. The molecule has 0 saturated heterocycles. The molecule has 2 rings (SSSR count). The van der Waals surface area contributed by atoms with Gasteiger partial charge < -0.3 is 4.57 Å². The van der Waals surface area contributed by atoms with Gasteiger partial charge >= 0.3 is 0 Å². The van der Waals surface area contributed by atoms with Crippen LogP contribution < -0.4 is 0 Å². The van der Waals surface area contributed by atoms with Crippen molar-refractivity contribution in [2.75, 3.05) is 0 Å². The number of rotatable bonds is 4. The first-order valence-corrected chi connectivity index (χ1v) is 6.39. The van der Waals surface area contributed by atoms with Crippen molar-refractivity contribution in [1.29, 1.82) is 0 Å². The first-order valence-electron chi connectivity index (χ1n) is 5.60. The molecule has 0 bridgehead atoms. The second-order valence-corrected chi connectivity index (χ2v) is 4.71. The molecule has 0 amide bonds. The van der Waals surface area contributed by atoms with Gasteiger partial charge in [-0.2, -0.15) is 0 Å². The normalized spacial score (nSPS) is 10.6. The molecule has 0 unspecified atom stereocenters. The summed E-state index contributed by atoms with van der Waals surface area (Å²) in [5, 5.41) is 10.7.